The van der Waals surface area contributed by atoms with E-state index in [-0.39, 0.29) is 23.7 Å². The predicted molar refractivity (Wildman–Crippen MR) is 63.3 cm³/mol. The quantitative estimate of drug-likeness (QED) is 0.766. The van der Waals surface area contributed by atoms with E-state index in [2.05, 4.69) is 0 Å². The zero-order chi connectivity index (χ0) is 12.8. The van der Waals surface area contributed by atoms with Crippen molar-refractivity contribution in [2.75, 3.05) is 7.11 Å². The molecule has 0 heterocycles. The fraction of sp³-hybridized carbons (Fsp3) is 0.385. The molecular weight excluding hydrogens is 220 g/mol. The molecular formula is C13H16O4. The number of benzene rings is 1. The minimum Gasteiger partial charge on any atom is -0.504 e. The van der Waals surface area contributed by atoms with Crippen LogP contribution in [0.15, 0.2) is 18.2 Å². The molecule has 0 bridgehead atoms. The van der Waals surface area contributed by atoms with Crippen molar-refractivity contribution >= 4 is 11.6 Å². The highest BCUT2D eigenvalue weighted by Gasteiger charge is 2.07. The lowest BCUT2D eigenvalue weighted by molar-refractivity contribution is -0.125. The van der Waals surface area contributed by atoms with Crippen LogP contribution < -0.4 is 4.74 Å². The van der Waals surface area contributed by atoms with Gasteiger partial charge in [0.1, 0.15) is 11.6 Å². The number of hydrogen-bond donors (Lipinski definition) is 1. The van der Waals surface area contributed by atoms with Gasteiger partial charge in [-0.2, -0.15) is 0 Å². The van der Waals surface area contributed by atoms with Crippen molar-refractivity contribution in [2.45, 2.75) is 26.2 Å². The van der Waals surface area contributed by atoms with Crippen molar-refractivity contribution in [3.63, 3.8) is 0 Å². The fourth-order valence-electron chi connectivity index (χ4n) is 1.54. The molecule has 0 aliphatic rings. The van der Waals surface area contributed by atoms with Gasteiger partial charge in [0.05, 0.1) is 13.5 Å². The number of aryl methyl sites for hydroxylation is 1. The van der Waals surface area contributed by atoms with Crippen LogP contribution in [0.1, 0.15) is 25.3 Å². The van der Waals surface area contributed by atoms with E-state index in [1.165, 1.54) is 14.0 Å². The van der Waals surface area contributed by atoms with E-state index < -0.39 is 0 Å². The summed E-state index contributed by atoms with van der Waals surface area (Å²) in [7, 11) is 1.48. The number of rotatable bonds is 6. The Balaban J connectivity index is 2.55. The van der Waals surface area contributed by atoms with Crippen LogP contribution in [-0.4, -0.2) is 23.8 Å². The first-order valence-electron chi connectivity index (χ1n) is 5.40. The third-order valence-corrected chi connectivity index (χ3v) is 2.38. The van der Waals surface area contributed by atoms with Crippen LogP contribution in [0.4, 0.5) is 0 Å². The number of aromatic hydroxyl groups is 1. The lowest BCUT2D eigenvalue weighted by Gasteiger charge is -2.05. The molecule has 4 heteroatoms. The molecule has 0 radical (unpaired) electrons. The number of ether oxygens (including phenoxy) is 1. The number of Topliss-reactive ketones (excluding diaryl/α,β-unsaturated/α-hetero) is 2. The van der Waals surface area contributed by atoms with Gasteiger partial charge in [-0.3, -0.25) is 9.59 Å². The van der Waals surface area contributed by atoms with Gasteiger partial charge in [-0.05, 0) is 31.0 Å². The largest absolute Gasteiger partial charge is 0.504 e. The molecule has 1 N–H and O–H groups in total. The maximum atomic E-state index is 11.3. The average Bonchev–Trinajstić information content (AvgIpc) is 2.25. The molecule has 4 nitrogen and oxygen atoms in total. The topological polar surface area (TPSA) is 63.6 Å². The Bertz CT molecular complexity index is 423. The van der Waals surface area contributed by atoms with Gasteiger partial charge in [-0.15, -0.1) is 0 Å². The van der Waals surface area contributed by atoms with Crippen molar-refractivity contribution in [2.24, 2.45) is 0 Å². The summed E-state index contributed by atoms with van der Waals surface area (Å²) in [5.74, 6) is 0.271. The van der Waals surface area contributed by atoms with Crippen LogP contribution >= 0.6 is 0 Å². The summed E-state index contributed by atoms with van der Waals surface area (Å²) in [6.45, 7) is 1.40. The van der Waals surface area contributed by atoms with Crippen molar-refractivity contribution in [1.29, 1.82) is 0 Å². The van der Waals surface area contributed by atoms with Crippen molar-refractivity contribution in [3.8, 4) is 11.5 Å². The second kappa shape index (κ2) is 6.03. The van der Waals surface area contributed by atoms with E-state index in [1.54, 1.807) is 18.2 Å². The first-order valence-corrected chi connectivity index (χ1v) is 5.40. The minimum atomic E-state index is -0.118. The van der Waals surface area contributed by atoms with Crippen LogP contribution in [0.25, 0.3) is 0 Å². The number of hydrogen-bond acceptors (Lipinski definition) is 4. The number of carbonyl (C=O) groups is 2. The predicted octanol–water partition coefficient (Wildman–Crippen LogP) is 1.88. The van der Waals surface area contributed by atoms with Crippen molar-refractivity contribution in [1.82, 2.24) is 0 Å². The zero-order valence-corrected chi connectivity index (χ0v) is 10.0. The highest BCUT2D eigenvalue weighted by atomic mass is 16.5. The van der Waals surface area contributed by atoms with E-state index in [9.17, 15) is 14.7 Å². The Kier molecular flexibility index (Phi) is 4.69. The van der Waals surface area contributed by atoms with Gasteiger partial charge in [0, 0.05) is 6.42 Å². The second-order valence-electron chi connectivity index (χ2n) is 3.92. The van der Waals surface area contributed by atoms with Crippen LogP contribution in [0.5, 0.6) is 11.5 Å². The second-order valence-corrected chi connectivity index (χ2v) is 3.92. The van der Waals surface area contributed by atoms with E-state index in [4.69, 9.17) is 4.74 Å². The molecule has 1 aromatic rings. The molecule has 0 aliphatic heterocycles. The molecule has 92 valence electrons. The summed E-state index contributed by atoms with van der Waals surface area (Å²) < 4.78 is 4.92. The highest BCUT2D eigenvalue weighted by Crippen LogP contribution is 2.26. The van der Waals surface area contributed by atoms with Crippen LogP contribution in [0.2, 0.25) is 0 Å². The molecule has 0 saturated carbocycles. The molecule has 0 saturated heterocycles. The smallest absolute Gasteiger partial charge is 0.160 e. The molecule has 1 aromatic carbocycles. The lowest BCUT2D eigenvalue weighted by Crippen LogP contribution is -2.05. The van der Waals surface area contributed by atoms with Crippen LogP contribution in [0.3, 0.4) is 0 Å². The zero-order valence-electron chi connectivity index (χ0n) is 10.0. The van der Waals surface area contributed by atoms with E-state index in [1.807, 2.05) is 0 Å². The Morgan fingerprint density at radius 2 is 2.06 bits per heavy atom. The summed E-state index contributed by atoms with van der Waals surface area (Å²) in [5.41, 5.74) is 0.847. The average molecular weight is 236 g/mol. The van der Waals surface area contributed by atoms with Gasteiger partial charge >= 0.3 is 0 Å². The monoisotopic (exact) mass is 236 g/mol. The SMILES string of the molecule is COc1ccc(CCC(=O)CC(C)=O)cc1O. The summed E-state index contributed by atoms with van der Waals surface area (Å²) in [5, 5.41) is 9.54. The van der Waals surface area contributed by atoms with Gasteiger partial charge < -0.3 is 9.84 Å². The standard InChI is InChI=1S/C13H16O4/c1-9(14)7-11(15)5-3-10-4-6-13(17-2)12(16)8-10/h4,6,8,16H,3,5,7H2,1-2H3. The molecule has 0 fully saturated rings. The van der Waals surface area contributed by atoms with Crippen molar-refractivity contribution in [3.05, 3.63) is 23.8 Å². The number of methoxy groups -OCH3 is 1. The van der Waals surface area contributed by atoms with E-state index in [0.29, 0.717) is 18.6 Å². The molecule has 0 aromatic heterocycles. The van der Waals surface area contributed by atoms with Crippen molar-refractivity contribution < 1.29 is 19.4 Å². The number of carbonyl (C=O) groups excluding carboxylic acids is 2. The Hall–Kier alpha value is -1.84. The summed E-state index contributed by atoms with van der Waals surface area (Å²) in [6, 6.07) is 5.01. The number of ketones is 2. The molecule has 0 unspecified atom stereocenters. The molecule has 0 spiro atoms. The summed E-state index contributed by atoms with van der Waals surface area (Å²) >= 11 is 0. The third kappa shape index (κ3) is 4.26. The fourth-order valence-corrected chi connectivity index (χ4v) is 1.54. The van der Waals surface area contributed by atoms with Gasteiger partial charge in [0.15, 0.2) is 11.5 Å². The molecule has 1 rings (SSSR count). The summed E-state index contributed by atoms with van der Waals surface area (Å²) in [6.07, 6.45) is 0.817. The maximum Gasteiger partial charge on any atom is 0.160 e. The Labute approximate surface area is 100 Å². The van der Waals surface area contributed by atoms with Gasteiger partial charge in [-0.25, -0.2) is 0 Å². The minimum absolute atomic E-state index is 0.0118. The number of phenols is 1. The number of phenolic OH excluding ortho intramolecular Hbond substituents is 1. The van der Waals surface area contributed by atoms with Gasteiger partial charge in [0.25, 0.3) is 0 Å². The lowest BCUT2D eigenvalue weighted by atomic mass is 10.0. The van der Waals surface area contributed by atoms with Crippen LogP contribution in [0, 0.1) is 0 Å². The Morgan fingerprint density at radius 3 is 2.59 bits per heavy atom. The first-order chi connectivity index (χ1) is 8.02. The Morgan fingerprint density at radius 1 is 1.35 bits per heavy atom. The third-order valence-electron chi connectivity index (χ3n) is 2.38. The molecule has 0 amide bonds. The van der Waals surface area contributed by atoms with Gasteiger partial charge in [0.2, 0.25) is 0 Å². The maximum absolute atomic E-state index is 11.3. The van der Waals surface area contributed by atoms with Gasteiger partial charge in [-0.1, -0.05) is 6.07 Å². The molecule has 0 atom stereocenters. The van der Waals surface area contributed by atoms with E-state index in [0.717, 1.165) is 5.56 Å². The summed E-state index contributed by atoms with van der Waals surface area (Å²) in [4.78, 5) is 22.1. The van der Waals surface area contributed by atoms with Crippen LogP contribution in [-0.2, 0) is 16.0 Å². The highest BCUT2D eigenvalue weighted by molar-refractivity contribution is 5.97. The molecule has 17 heavy (non-hydrogen) atoms. The first kappa shape index (κ1) is 13.2. The normalized spacial score (nSPS) is 10.0. The molecule has 0 aliphatic carbocycles. The van der Waals surface area contributed by atoms with E-state index >= 15 is 0 Å².